The van der Waals surface area contributed by atoms with Crippen molar-refractivity contribution in [3.8, 4) is 0 Å². The zero-order valence-corrected chi connectivity index (χ0v) is 7.32. The van der Waals surface area contributed by atoms with Crippen LogP contribution < -0.4 is 0 Å². The van der Waals surface area contributed by atoms with Gasteiger partial charge in [-0.05, 0) is 6.42 Å². The van der Waals surface area contributed by atoms with Crippen LogP contribution in [0.2, 0.25) is 0 Å². The normalized spacial score (nSPS) is 23.2. The van der Waals surface area contributed by atoms with Crippen molar-refractivity contribution < 1.29 is 14.6 Å². The van der Waals surface area contributed by atoms with Crippen molar-refractivity contribution in [1.82, 2.24) is 4.90 Å². The Morgan fingerprint density at radius 3 is 3.00 bits per heavy atom. The van der Waals surface area contributed by atoms with Gasteiger partial charge in [0.05, 0.1) is 19.1 Å². The summed E-state index contributed by atoms with van der Waals surface area (Å²) in [6, 6.07) is 0. The Balaban J connectivity index is 2.23. The molecule has 0 radical (unpaired) electrons. The number of carbonyl (C=O) groups is 1. The first-order valence-electron chi connectivity index (χ1n) is 4.19. The summed E-state index contributed by atoms with van der Waals surface area (Å²) in [4.78, 5) is 13.0. The highest BCUT2D eigenvalue weighted by Gasteiger charge is 2.23. The van der Waals surface area contributed by atoms with E-state index in [4.69, 9.17) is 9.84 Å². The molecule has 1 heterocycles. The van der Waals surface area contributed by atoms with E-state index in [9.17, 15) is 4.79 Å². The summed E-state index contributed by atoms with van der Waals surface area (Å²) in [6.45, 7) is 1.64. The van der Waals surface area contributed by atoms with Crippen LogP contribution in [0.3, 0.4) is 0 Å². The van der Waals surface area contributed by atoms with Crippen molar-refractivity contribution in [2.45, 2.75) is 18.9 Å². The number of aliphatic hydroxyl groups excluding tert-OH is 1. The number of β-amino-alcohol motifs (C(OH)–C–C–N with tert-alkyl or cyclic N) is 1. The first-order valence-corrected chi connectivity index (χ1v) is 4.19. The van der Waals surface area contributed by atoms with Gasteiger partial charge in [0, 0.05) is 20.2 Å². The van der Waals surface area contributed by atoms with Crippen LogP contribution in [-0.4, -0.2) is 48.8 Å². The number of hydrogen-bond donors (Lipinski definition) is 1. The molecular weight excluding hydrogens is 158 g/mol. The number of amides is 1. The molecule has 4 nitrogen and oxygen atoms in total. The van der Waals surface area contributed by atoms with E-state index >= 15 is 0 Å². The zero-order chi connectivity index (χ0) is 8.97. The molecule has 1 atom stereocenters. The third-order valence-corrected chi connectivity index (χ3v) is 2.04. The predicted molar refractivity (Wildman–Crippen MR) is 43.7 cm³/mol. The Morgan fingerprint density at radius 1 is 1.75 bits per heavy atom. The Morgan fingerprint density at radius 2 is 2.50 bits per heavy atom. The third-order valence-electron chi connectivity index (χ3n) is 2.04. The highest BCUT2D eigenvalue weighted by molar-refractivity contribution is 5.76. The van der Waals surface area contributed by atoms with Gasteiger partial charge in [-0.1, -0.05) is 0 Å². The topological polar surface area (TPSA) is 49.8 Å². The van der Waals surface area contributed by atoms with E-state index in [1.165, 1.54) is 0 Å². The summed E-state index contributed by atoms with van der Waals surface area (Å²) in [5.41, 5.74) is 0. The molecular formula is C8H15NO3. The summed E-state index contributed by atoms with van der Waals surface area (Å²) in [6.07, 6.45) is 0.804. The third kappa shape index (κ3) is 2.46. The molecule has 0 saturated carbocycles. The smallest absolute Gasteiger partial charge is 0.224 e. The predicted octanol–water partition coefficient (Wildman–Crippen LogP) is -0.384. The van der Waals surface area contributed by atoms with Crippen molar-refractivity contribution >= 4 is 5.91 Å². The van der Waals surface area contributed by atoms with Crippen molar-refractivity contribution in [2.24, 2.45) is 0 Å². The van der Waals surface area contributed by atoms with E-state index in [1.54, 1.807) is 12.0 Å². The van der Waals surface area contributed by atoms with Gasteiger partial charge in [0.25, 0.3) is 0 Å². The van der Waals surface area contributed by atoms with Crippen LogP contribution >= 0.6 is 0 Å². The number of carbonyl (C=O) groups excluding carboxylic acids is 1. The molecule has 1 aliphatic rings. The summed E-state index contributed by atoms with van der Waals surface area (Å²) < 4.78 is 4.79. The van der Waals surface area contributed by atoms with E-state index < -0.39 is 0 Å². The van der Waals surface area contributed by atoms with Crippen LogP contribution in [0, 0.1) is 0 Å². The van der Waals surface area contributed by atoms with Crippen LogP contribution in [0.25, 0.3) is 0 Å². The van der Waals surface area contributed by atoms with Gasteiger partial charge in [-0.2, -0.15) is 0 Å². The molecule has 1 rings (SSSR count). The van der Waals surface area contributed by atoms with Gasteiger partial charge >= 0.3 is 0 Å². The number of rotatable bonds is 3. The first-order chi connectivity index (χ1) is 5.74. The fraction of sp³-hybridized carbons (Fsp3) is 0.875. The second-order valence-electron chi connectivity index (χ2n) is 3.03. The standard InChI is InChI=1S/C8H15NO3/c1-12-5-3-8(11)9-4-2-7(10)6-9/h7,10H,2-6H2,1H3/t7-/m1/s1. The lowest BCUT2D eigenvalue weighted by Crippen LogP contribution is -2.30. The van der Waals surface area contributed by atoms with E-state index in [1.807, 2.05) is 0 Å². The van der Waals surface area contributed by atoms with Crippen LogP contribution in [-0.2, 0) is 9.53 Å². The van der Waals surface area contributed by atoms with Gasteiger partial charge in [-0.25, -0.2) is 0 Å². The Bertz CT molecular complexity index is 160. The number of likely N-dealkylation sites (tertiary alicyclic amines) is 1. The fourth-order valence-corrected chi connectivity index (χ4v) is 1.32. The SMILES string of the molecule is COCCC(=O)N1CC[C@@H](O)C1. The maximum absolute atomic E-state index is 11.3. The molecule has 70 valence electrons. The quantitative estimate of drug-likeness (QED) is 0.632. The minimum absolute atomic E-state index is 0.0772. The van der Waals surface area contributed by atoms with Gasteiger partial charge < -0.3 is 14.7 Å². The lowest BCUT2D eigenvalue weighted by Gasteiger charge is -2.14. The molecule has 1 fully saturated rings. The van der Waals surface area contributed by atoms with Gasteiger partial charge in [0.2, 0.25) is 5.91 Å². The molecule has 0 aromatic heterocycles. The summed E-state index contributed by atoms with van der Waals surface area (Å²) >= 11 is 0. The number of hydrogen-bond acceptors (Lipinski definition) is 3. The molecule has 0 aromatic rings. The highest BCUT2D eigenvalue weighted by atomic mass is 16.5. The number of methoxy groups -OCH3 is 1. The van der Waals surface area contributed by atoms with Gasteiger partial charge in [0.15, 0.2) is 0 Å². The largest absolute Gasteiger partial charge is 0.391 e. The van der Waals surface area contributed by atoms with Crippen LogP contribution in [0.1, 0.15) is 12.8 Å². The highest BCUT2D eigenvalue weighted by Crippen LogP contribution is 2.09. The molecule has 0 unspecified atom stereocenters. The van der Waals surface area contributed by atoms with E-state index in [0.29, 0.717) is 32.5 Å². The number of aliphatic hydroxyl groups is 1. The van der Waals surface area contributed by atoms with Crippen LogP contribution in [0.15, 0.2) is 0 Å². The Hall–Kier alpha value is -0.610. The molecule has 1 saturated heterocycles. The van der Waals surface area contributed by atoms with Crippen molar-refractivity contribution in [1.29, 1.82) is 0 Å². The first kappa shape index (κ1) is 9.48. The molecule has 1 N–H and O–H groups in total. The van der Waals surface area contributed by atoms with Crippen molar-refractivity contribution in [3.63, 3.8) is 0 Å². The molecule has 1 amide bonds. The van der Waals surface area contributed by atoms with Crippen LogP contribution in [0.5, 0.6) is 0 Å². The Labute approximate surface area is 72.1 Å². The fourth-order valence-electron chi connectivity index (χ4n) is 1.32. The second-order valence-corrected chi connectivity index (χ2v) is 3.03. The molecule has 0 bridgehead atoms. The van der Waals surface area contributed by atoms with Gasteiger partial charge in [-0.3, -0.25) is 4.79 Å². The lowest BCUT2D eigenvalue weighted by atomic mass is 10.3. The maximum atomic E-state index is 11.3. The molecule has 12 heavy (non-hydrogen) atoms. The minimum Gasteiger partial charge on any atom is -0.391 e. The lowest BCUT2D eigenvalue weighted by molar-refractivity contribution is -0.131. The maximum Gasteiger partial charge on any atom is 0.224 e. The van der Waals surface area contributed by atoms with Crippen molar-refractivity contribution in [3.05, 3.63) is 0 Å². The van der Waals surface area contributed by atoms with E-state index in [2.05, 4.69) is 0 Å². The average molecular weight is 173 g/mol. The second kappa shape index (κ2) is 4.42. The molecule has 0 aliphatic carbocycles. The van der Waals surface area contributed by atoms with E-state index in [-0.39, 0.29) is 12.0 Å². The summed E-state index contributed by atoms with van der Waals surface area (Å²) in [5.74, 6) is 0.0772. The average Bonchev–Trinajstić information content (AvgIpc) is 2.47. The number of nitrogens with zero attached hydrogens (tertiary/aromatic N) is 1. The zero-order valence-electron chi connectivity index (χ0n) is 7.32. The minimum atomic E-state index is -0.323. The van der Waals surface area contributed by atoms with Gasteiger partial charge in [-0.15, -0.1) is 0 Å². The van der Waals surface area contributed by atoms with Crippen molar-refractivity contribution in [2.75, 3.05) is 26.8 Å². The molecule has 1 aliphatic heterocycles. The molecule has 0 aromatic carbocycles. The monoisotopic (exact) mass is 173 g/mol. The van der Waals surface area contributed by atoms with E-state index in [0.717, 1.165) is 0 Å². The summed E-state index contributed by atoms with van der Waals surface area (Å²) in [5, 5.41) is 9.15. The summed E-state index contributed by atoms with van der Waals surface area (Å²) in [7, 11) is 1.58. The Kier molecular flexibility index (Phi) is 3.49. The molecule has 4 heteroatoms. The molecule has 0 spiro atoms. The van der Waals surface area contributed by atoms with Crippen LogP contribution in [0.4, 0.5) is 0 Å². The number of ether oxygens (including phenoxy) is 1. The van der Waals surface area contributed by atoms with Gasteiger partial charge in [0.1, 0.15) is 0 Å².